The van der Waals surface area contributed by atoms with E-state index in [1.807, 2.05) is 13.0 Å². The van der Waals surface area contributed by atoms with Crippen LogP contribution in [0, 0.1) is 0 Å². The molecule has 1 heterocycles. The lowest BCUT2D eigenvalue weighted by atomic mass is 10.1. The van der Waals surface area contributed by atoms with Gasteiger partial charge in [0.25, 0.3) is 11.1 Å². The van der Waals surface area contributed by atoms with Gasteiger partial charge in [-0.1, -0.05) is 36.4 Å². The lowest BCUT2D eigenvalue weighted by Crippen LogP contribution is -2.36. The number of carbonyl (C=O) groups is 3. The van der Waals surface area contributed by atoms with Crippen molar-refractivity contribution >= 4 is 68.1 Å². The first kappa shape index (κ1) is 24.9. The highest BCUT2D eigenvalue weighted by Gasteiger charge is 2.36. The minimum absolute atomic E-state index is 0.173. The molecule has 1 fully saturated rings. The third-order valence-corrected chi connectivity index (χ3v) is 6.18. The molecule has 7 nitrogen and oxygen atoms in total. The number of ether oxygens (including phenoxy) is 2. The van der Waals surface area contributed by atoms with E-state index in [-0.39, 0.29) is 11.5 Å². The summed E-state index contributed by atoms with van der Waals surface area (Å²) in [6, 6.07) is 10.3. The average Bonchev–Trinajstić information content (AvgIpc) is 3.02. The van der Waals surface area contributed by atoms with Crippen LogP contribution < -0.4 is 14.8 Å². The molecule has 3 rings (SSSR count). The van der Waals surface area contributed by atoms with Crippen LogP contribution >= 0.6 is 39.3 Å². The second-order valence-electron chi connectivity index (χ2n) is 6.66. The number of imide groups is 1. The highest BCUT2D eigenvalue weighted by molar-refractivity contribution is 9.10. The first-order valence-corrected chi connectivity index (χ1v) is 11.8. The van der Waals surface area contributed by atoms with Gasteiger partial charge in [-0.05, 0) is 70.5 Å². The quantitative estimate of drug-likeness (QED) is 0.316. The minimum Gasteiger partial charge on any atom is -0.490 e. The molecule has 0 atom stereocenters. The molecular weight excluding hydrogens is 532 g/mol. The Bertz CT molecular complexity index is 1140. The van der Waals surface area contributed by atoms with E-state index in [1.54, 1.807) is 36.4 Å². The summed E-state index contributed by atoms with van der Waals surface area (Å²) in [4.78, 5) is 38.7. The van der Waals surface area contributed by atoms with Crippen molar-refractivity contribution in [1.82, 2.24) is 4.90 Å². The van der Waals surface area contributed by atoms with E-state index >= 15 is 0 Å². The maximum atomic E-state index is 12.8. The summed E-state index contributed by atoms with van der Waals surface area (Å²) >= 11 is 10.4. The molecule has 0 aromatic heterocycles. The van der Waals surface area contributed by atoms with Gasteiger partial charge < -0.3 is 14.8 Å². The van der Waals surface area contributed by atoms with Gasteiger partial charge in [-0.3, -0.25) is 19.3 Å². The van der Waals surface area contributed by atoms with E-state index < -0.39 is 23.6 Å². The molecule has 0 bridgehead atoms. The molecule has 33 heavy (non-hydrogen) atoms. The van der Waals surface area contributed by atoms with Crippen molar-refractivity contribution in [3.8, 4) is 11.5 Å². The Hall–Kier alpha value is -2.75. The Morgan fingerprint density at radius 2 is 2.03 bits per heavy atom. The smallest absolute Gasteiger partial charge is 0.294 e. The van der Waals surface area contributed by atoms with Crippen molar-refractivity contribution in [3.63, 3.8) is 0 Å². The van der Waals surface area contributed by atoms with Gasteiger partial charge in [0.2, 0.25) is 5.91 Å². The van der Waals surface area contributed by atoms with E-state index in [1.165, 1.54) is 6.08 Å². The molecule has 0 saturated carbocycles. The molecule has 0 spiro atoms. The number of carbonyl (C=O) groups excluding carboxylic acids is 3. The maximum absolute atomic E-state index is 12.8. The Morgan fingerprint density at radius 1 is 1.27 bits per heavy atom. The molecule has 1 saturated heterocycles. The van der Waals surface area contributed by atoms with Crippen LogP contribution in [0.15, 0.2) is 58.4 Å². The summed E-state index contributed by atoms with van der Waals surface area (Å²) in [5, 5.41) is 2.44. The van der Waals surface area contributed by atoms with E-state index in [9.17, 15) is 14.4 Å². The predicted octanol–water partition coefficient (Wildman–Crippen LogP) is 5.74. The van der Waals surface area contributed by atoms with Gasteiger partial charge in [-0.15, -0.1) is 0 Å². The van der Waals surface area contributed by atoms with Crippen LogP contribution in [0.25, 0.3) is 6.08 Å². The van der Waals surface area contributed by atoms with Gasteiger partial charge in [-0.25, -0.2) is 0 Å². The second kappa shape index (κ2) is 11.4. The molecule has 172 valence electrons. The standard InChI is InChI=1S/C23H20BrClN2O5S/c1-3-9-32-21-16(25)10-14(11-18(21)31-4-2)12-19-22(29)27(23(30)33-19)13-20(28)26-17-8-6-5-7-15(17)24/h3,5-8,10-12H,1,4,9,13H2,2H3,(H,26,28)/b19-12+. The molecule has 0 radical (unpaired) electrons. The van der Waals surface area contributed by atoms with Crippen LogP contribution in [0.3, 0.4) is 0 Å². The molecule has 0 aliphatic carbocycles. The maximum Gasteiger partial charge on any atom is 0.294 e. The number of nitrogens with zero attached hydrogens (tertiary/aromatic N) is 1. The molecule has 0 unspecified atom stereocenters. The van der Waals surface area contributed by atoms with Gasteiger partial charge in [0.05, 0.1) is 22.2 Å². The van der Waals surface area contributed by atoms with Crippen LogP contribution in [0.4, 0.5) is 10.5 Å². The Kier molecular flexibility index (Phi) is 8.60. The fraction of sp³-hybridized carbons (Fsp3) is 0.174. The number of anilines is 1. The van der Waals surface area contributed by atoms with Crippen molar-refractivity contribution in [2.75, 3.05) is 25.1 Å². The number of rotatable bonds is 9. The Balaban J connectivity index is 1.78. The topological polar surface area (TPSA) is 84.9 Å². The minimum atomic E-state index is -0.562. The van der Waals surface area contributed by atoms with Gasteiger partial charge in [0.1, 0.15) is 13.2 Å². The number of thioether (sulfide) groups is 1. The zero-order valence-electron chi connectivity index (χ0n) is 17.6. The number of nitrogens with one attached hydrogen (secondary N) is 1. The molecule has 3 amide bonds. The highest BCUT2D eigenvalue weighted by Crippen LogP contribution is 2.39. The summed E-state index contributed by atoms with van der Waals surface area (Å²) in [7, 11) is 0. The Labute approximate surface area is 208 Å². The van der Waals surface area contributed by atoms with E-state index in [0.29, 0.717) is 38.9 Å². The summed E-state index contributed by atoms with van der Waals surface area (Å²) in [5.74, 6) is -0.276. The van der Waals surface area contributed by atoms with Crippen LogP contribution in [0.1, 0.15) is 12.5 Å². The molecule has 1 aliphatic rings. The zero-order chi connectivity index (χ0) is 24.0. The van der Waals surface area contributed by atoms with Crippen molar-refractivity contribution in [3.05, 3.63) is 69.0 Å². The molecule has 2 aromatic rings. The normalized spacial score (nSPS) is 14.5. The summed E-state index contributed by atoms with van der Waals surface area (Å²) in [6.45, 7) is 5.67. The van der Waals surface area contributed by atoms with Crippen molar-refractivity contribution < 1.29 is 23.9 Å². The third-order valence-electron chi connectivity index (χ3n) is 4.30. The van der Waals surface area contributed by atoms with Crippen LogP contribution in [0.2, 0.25) is 5.02 Å². The molecule has 10 heteroatoms. The van der Waals surface area contributed by atoms with Crippen LogP contribution in [0.5, 0.6) is 11.5 Å². The number of halogens is 2. The molecule has 1 N–H and O–H groups in total. The van der Waals surface area contributed by atoms with Crippen molar-refractivity contribution in [2.24, 2.45) is 0 Å². The Morgan fingerprint density at radius 3 is 2.73 bits per heavy atom. The SMILES string of the molecule is C=CCOc1c(Cl)cc(/C=C2/SC(=O)N(CC(=O)Nc3ccccc3Br)C2=O)cc1OCC. The van der Waals surface area contributed by atoms with Crippen LogP contribution in [-0.4, -0.2) is 41.7 Å². The number of hydrogen-bond acceptors (Lipinski definition) is 6. The largest absolute Gasteiger partial charge is 0.490 e. The van der Waals surface area contributed by atoms with Crippen molar-refractivity contribution in [2.45, 2.75) is 6.92 Å². The number of amides is 3. The number of para-hydroxylation sites is 1. The first-order valence-electron chi connectivity index (χ1n) is 9.83. The van der Waals surface area contributed by atoms with Crippen molar-refractivity contribution in [1.29, 1.82) is 0 Å². The summed E-state index contributed by atoms with van der Waals surface area (Å²) < 4.78 is 11.9. The third kappa shape index (κ3) is 6.19. The summed E-state index contributed by atoms with van der Waals surface area (Å²) in [5.41, 5.74) is 1.10. The fourth-order valence-corrected chi connectivity index (χ4v) is 4.40. The highest BCUT2D eigenvalue weighted by atomic mass is 79.9. The van der Waals surface area contributed by atoms with Crippen LogP contribution in [-0.2, 0) is 9.59 Å². The lowest BCUT2D eigenvalue weighted by molar-refractivity contribution is -0.127. The average molecular weight is 552 g/mol. The number of benzene rings is 2. The van der Waals surface area contributed by atoms with Gasteiger partial charge in [0, 0.05) is 4.47 Å². The summed E-state index contributed by atoms with van der Waals surface area (Å²) in [6.07, 6.45) is 3.12. The monoisotopic (exact) mass is 550 g/mol. The molecule has 1 aliphatic heterocycles. The van der Waals surface area contributed by atoms with E-state index in [2.05, 4.69) is 27.8 Å². The van der Waals surface area contributed by atoms with Gasteiger partial charge in [-0.2, -0.15) is 0 Å². The predicted molar refractivity (Wildman–Crippen MR) is 134 cm³/mol. The molecular formula is C23H20BrClN2O5S. The lowest BCUT2D eigenvalue weighted by Gasteiger charge is -2.14. The second-order valence-corrected chi connectivity index (χ2v) is 8.91. The van der Waals surface area contributed by atoms with Gasteiger partial charge in [0.15, 0.2) is 11.5 Å². The molecule has 2 aromatic carbocycles. The fourth-order valence-electron chi connectivity index (χ4n) is 2.90. The zero-order valence-corrected chi connectivity index (χ0v) is 20.8. The van der Waals surface area contributed by atoms with E-state index in [4.69, 9.17) is 21.1 Å². The van der Waals surface area contributed by atoms with E-state index in [0.717, 1.165) is 16.7 Å². The number of hydrogen-bond donors (Lipinski definition) is 1. The van der Waals surface area contributed by atoms with Gasteiger partial charge >= 0.3 is 0 Å². The first-order chi connectivity index (χ1) is 15.8.